The van der Waals surface area contributed by atoms with Gasteiger partial charge < -0.3 is 19.3 Å². The second-order valence-electron chi connectivity index (χ2n) is 5.08. The third-order valence-corrected chi connectivity index (χ3v) is 3.60. The summed E-state index contributed by atoms with van der Waals surface area (Å²) < 4.78 is 11.2. The summed E-state index contributed by atoms with van der Waals surface area (Å²) in [5.41, 5.74) is 0. The smallest absolute Gasteiger partial charge is 0.237 e. The maximum absolute atomic E-state index is 12.1. The summed E-state index contributed by atoms with van der Waals surface area (Å²) in [6.07, 6.45) is 2.02. The number of methoxy groups -OCH3 is 1. The van der Waals surface area contributed by atoms with Gasteiger partial charge in [-0.3, -0.25) is 4.79 Å². The van der Waals surface area contributed by atoms with Crippen molar-refractivity contribution in [3.05, 3.63) is 0 Å². The topological polar surface area (TPSA) is 42.0 Å². The standard InChI is InChI=1S/C12H22N2O3/c1-13(2)8-11(15)14-6-4-10(16-3)12-9(14)5-7-17-12/h9-10,12H,4-8H2,1-3H3/t9-,10+,12-/m1/s1. The molecule has 5 nitrogen and oxygen atoms in total. The maximum Gasteiger partial charge on any atom is 0.237 e. The Morgan fingerprint density at radius 1 is 1.47 bits per heavy atom. The first-order valence-electron chi connectivity index (χ1n) is 6.22. The molecule has 5 heteroatoms. The molecular formula is C12H22N2O3. The van der Waals surface area contributed by atoms with Crippen LogP contribution in [0.5, 0.6) is 0 Å². The van der Waals surface area contributed by atoms with E-state index >= 15 is 0 Å². The fourth-order valence-electron chi connectivity index (χ4n) is 2.81. The average Bonchev–Trinajstić information content (AvgIpc) is 2.75. The van der Waals surface area contributed by atoms with E-state index in [0.29, 0.717) is 6.54 Å². The molecule has 17 heavy (non-hydrogen) atoms. The van der Waals surface area contributed by atoms with Gasteiger partial charge in [-0.2, -0.15) is 0 Å². The third-order valence-electron chi connectivity index (χ3n) is 3.60. The van der Waals surface area contributed by atoms with E-state index in [4.69, 9.17) is 9.47 Å². The number of hydrogen-bond donors (Lipinski definition) is 0. The SMILES string of the molecule is CO[C@H]1CCN(C(=O)CN(C)C)[C@@H]2CCO[C@@H]12. The summed E-state index contributed by atoms with van der Waals surface area (Å²) in [6.45, 7) is 2.00. The van der Waals surface area contributed by atoms with Crippen LogP contribution in [-0.2, 0) is 14.3 Å². The Morgan fingerprint density at radius 2 is 2.24 bits per heavy atom. The molecule has 2 heterocycles. The quantitative estimate of drug-likeness (QED) is 0.696. The van der Waals surface area contributed by atoms with Gasteiger partial charge in [0.25, 0.3) is 0 Å². The number of piperidine rings is 1. The van der Waals surface area contributed by atoms with Crippen molar-refractivity contribution in [2.45, 2.75) is 31.1 Å². The molecule has 2 rings (SSSR count). The number of likely N-dealkylation sites (N-methyl/N-ethyl adjacent to an activating group) is 1. The van der Waals surface area contributed by atoms with E-state index in [1.54, 1.807) is 7.11 Å². The first kappa shape index (κ1) is 12.8. The van der Waals surface area contributed by atoms with Gasteiger partial charge in [0.2, 0.25) is 5.91 Å². The lowest BCUT2D eigenvalue weighted by Gasteiger charge is -2.41. The van der Waals surface area contributed by atoms with Gasteiger partial charge in [-0.15, -0.1) is 0 Å². The molecule has 0 saturated carbocycles. The zero-order valence-electron chi connectivity index (χ0n) is 10.9. The molecule has 0 aromatic heterocycles. The average molecular weight is 242 g/mol. The Kier molecular flexibility index (Phi) is 4.01. The number of nitrogens with zero attached hydrogens (tertiary/aromatic N) is 2. The second-order valence-corrected chi connectivity index (χ2v) is 5.08. The molecule has 0 aromatic carbocycles. The molecule has 0 aromatic rings. The summed E-state index contributed by atoms with van der Waals surface area (Å²) in [7, 11) is 5.56. The molecule has 2 aliphatic rings. The summed E-state index contributed by atoms with van der Waals surface area (Å²) in [4.78, 5) is 16.0. The normalized spacial score (nSPS) is 32.9. The van der Waals surface area contributed by atoms with Crippen molar-refractivity contribution in [2.75, 3.05) is 40.9 Å². The minimum atomic E-state index is 0.0693. The van der Waals surface area contributed by atoms with E-state index < -0.39 is 0 Å². The van der Waals surface area contributed by atoms with Crippen molar-refractivity contribution in [2.24, 2.45) is 0 Å². The van der Waals surface area contributed by atoms with Gasteiger partial charge in [0, 0.05) is 20.3 Å². The van der Waals surface area contributed by atoms with Crippen LogP contribution in [0.25, 0.3) is 0 Å². The predicted molar refractivity (Wildman–Crippen MR) is 63.8 cm³/mol. The van der Waals surface area contributed by atoms with Crippen molar-refractivity contribution in [1.29, 1.82) is 0 Å². The lowest BCUT2D eigenvalue weighted by atomic mass is 9.95. The van der Waals surface area contributed by atoms with E-state index in [1.807, 2.05) is 23.9 Å². The number of hydrogen-bond acceptors (Lipinski definition) is 4. The molecule has 0 radical (unpaired) electrons. The van der Waals surface area contributed by atoms with E-state index in [1.165, 1.54) is 0 Å². The second kappa shape index (κ2) is 5.33. The van der Waals surface area contributed by atoms with Crippen molar-refractivity contribution in [3.8, 4) is 0 Å². The minimum Gasteiger partial charge on any atom is -0.379 e. The Bertz CT molecular complexity index is 283. The molecule has 2 aliphatic heterocycles. The number of amides is 1. The Morgan fingerprint density at radius 3 is 2.88 bits per heavy atom. The van der Waals surface area contributed by atoms with Crippen molar-refractivity contribution >= 4 is 5.91 Å². The molecule has 0 bridgehead atoms. The molecule has 0 aliphatic carbocycles. The maximum atomic E-state index is 12.1. The van der Waals surface area contributed by atoms with Crippen LogP contribution >= 0.6 is 0 Å². The predicted octanol–water partition coefficient (Wildman–Crippen LogP) is -0.0472. The van der Waals surface area contributed by atoms with Gasteiger partial charge in [-0.05, 0) is 26.9 Å². The number of ether oxygens (including phenoxy) is 2. The number of carbonyl (C=O) groups is 1. The molecule has 0 unspecified atom stereocenters. The van der Waals surface area contributed by atoms with Gasteiger partial charge in [-0.1, -0.05) is 0 Å². The zero-order chi connectivity index (χ0) is 12.4. The lowest BCUT2D eigenvalue weighted by Crippen LogP contribution is -2.56. The lowest BCUT2D eigenvalue weighted by molar-refractivity contribution is -0.143. The Balaban J connectivity index is 2.02. The summed E-state index contributed by atoms with van der Waals surface area (Å²) in [5, 5.41) is 0. The van der Waals surface area contributed by atoms with E-state index in [-0.39, 0.29) is 24.2 Å². The Hall–Kier alpha value is -0.650. The molecule has 2 fully saturated rings. The minimum absolute atomic E-state index is 0.0693. The van der Waals surface area contributed by atoms with Gasteiger partial charge in [0.15, 0.2) is 0 Å². The van der Waals surface area contributed by atoms with E-state index in [0.717, 1.165) is 26.0 Å². The van der Waals surface area contributed by atoms with Gasteiger partial charge in [-0.25, -0.2) is 0 Å². The molecular weight excluding hydrogens is 220 g/mol. The first-order chi connectivity index (χ1) is 8.13. The molecule has 1 amide bonds. The van der Waals surface area contributed by atoms with Crippen molar-refractivity contribution < 1.29 is 14.3 Å². The largest absolute Gasteiger partial charge is 0.379 e. The fourth-order valence-corrected chi connectivity index (χ4v) is 2.81. The van der Waals surface area contributed by atoms with Crippen LogP contribution in [-0.4, -0.2) is 74.9 Å². The van der Waals surface area contributed by atoms with Crippen LogP contribution in [0.2, 0.25) is 0 Å². The monoisotopic (exact) mass is 242 g/mol. The summed E-state index contributed by atoms with van der Waals surface area (Å²) >= 11 is 0. The van der Waals surface area contributed by atoms with Crippen LogP contribution in [0.4, 0.5) is 0 Å². The van der Waals surface area contributed by atoms with Crippen LogP contribution < -0.4 is 0 Å². The molecule has 0 N–H and O–H groups in total. The highest BCUT2D eigenvalue weighted by molar-refractivity contribution is 5.78. The van der Waals surface area contributed by atoms with Crippen molar-refractivity contribution in [3.63, 3.8) is 0 Å². The van der Waals surface area contributed by atoms with Crippen LogP contribution in [0.1, 0.15) is 12.8 Å². The number of fused-ring (bicyclic) bond motifs is 1. The van der Waals surface area contributed by atoms with Crippen LogP contribution in [0, 0.1) is 0 Å². The Labute approximate surface area is 103 Å². The third kappa shape index (κ3) is 2.61. The van der Waals surface area contributed by atoms with Crippen molar-refractivity contribution in [1.82, 2.24) is 9.80 Å². The van der Waals surface area contributed by atoms with E-state index in [9.17, 15) is 4.79 Å². The highest BCUT2D eigenvalue weighted by Gasteiger charge is 2.44. The fraction of sp³-hybridized carbons (Fsp3) is 0.917. The number of likely N-dealkylation sites (tertiary alicyclic amines) is 1. The van der Waals surface area contributed by atoms with E-state index in [2.05, 4.69) is 0 Å². The van der Waals surface area contributed by atoms with Gasteiger partial charge in [0.05, 0.1) is 18.7 Å². The van der Waals surface area contributed by atoms with Crippen LogP contribution in [0.3, 0.4) is 0 Å². The summed E-state index contributed by atoms with van der Waals surface area (Å²) in [5.74, 6) is 0.199. The molecule has 2 saturated heterocycles. The highest BCUT2D eigenvalue weighted by Crippen LogP contribution is 2.30. The number of rotatable bonds is 3. The van der Waals surface area contributed by atoms with Crippen LogP contribution in [0.15, 0.2) is 0 Å². The number of carbonyl (C=O) groups excluding carboxylic acids is 1. The van der Waals surface area contributed by atoms with Gasteiger partial charge in [0.1, 0.15) is 6.10 Å². The molecule has 98 valence electrons. The van der Waals surface area contributed by atoms with Gasteiger partial charge >= 0.3 is 0 Å². The highest BCUT2D eigenvalue weighted by atomic mass is 16.5. The first-order valence-corrected chi connectivity index (χ1v) is 6.22. The molecule has 3 atom stereocenters. The summed E-state index contributed by atoms with van der Waals surface area (Å²) in [6, 6.07) is 0.209. The molecule has 0 spiro atoms. The zero-order valence-corrected chi connectivity index (χ0v) is 10.9.